The van der Waals surface area contributed by atoms with E-state index in [0.717, 1.165) is 40.4 Å². The summed E-state index contributed by atoms with van der Waals surface area (Å²) >= 11 is 3.26. The molecule has 0 aromatic heterocycles. The Morgan fingerprint density at radius 3 is 0.916 bits per heavy atom. The van der Waals surface area contributed by atoms with Crippen molar-refractivity contribution in [3.8, 4) is 37.0 Å². The van der Waals surface area contributed by atoms with Crippen molar-refractivity contribution < 1.29 is 128 Å². The molecule has 0 unspecified atom stereocenters. The Bertz CT molecular complexity index is 3150. The van der Waals surface area contributed by atoms with Crippen LogP contribution in [0.5, 0.6) is 0 Å². The van der Waals surface area contributed by atoms with Crippen molar-refractivity contribution in [2.45, 2.75) is 168 Å². The fraction of sp³-hybridized carbons (Fsp3) is 0.739. The smallest absolute Gasteiger partial charge is 0.870 e. The third-order valence-electron chi connectivity index (χ3n) is 17.4. The molecule has 0 radical (unpaired) electrons. The number of likely N-dealkylation sites (N-methyl/N-ethyl adjacent to an activating group) is 2. The zero-order valence-electron chi connectivity index (χ0n) is 66.8. The van der Waals surface area contributed by atoms with Crippen LogP contribution in [0.25, 0.3) is 20.9 Å². The fourth-order valence-corrected chi connectivity index (χ4v) is 11.8. The average Bonchev–Trinajstić information content (AvgIpc) is 1.70. The maximum absolute atomic E-state index is 12.6. The molecule has 6 rings (SSSR count). The Kier molecular flexibility index (Phi) is 43.5. The Labute approximate surface area is 683 Å². The first-order chi connectivity index (χ1) is 48.5. The molecule has 38 heteroatoms. The number of nitrogens with two attached hydrogens (primary N) is 1. The number of azide groups is 2. The van der Waals surface area contributed by atoms with Crippen LogP contribution in [-0.4, -0.2) is 323 Å². The molecule has 9 N–H and O–H groups in total. The van der Waals surface area contributed by atoms with E-state index in [4.69, 9.17) is 29.6 Å². The molecule has 0 spiro atoms. The molecule has 107 heavy (non-hydrogen) atoms. The summed E-state index contributed by atoms with van der Waals surface area (Å²) in [4.78, 5) is 161. The summed E-state index contributed by atoms with van der Waals surface area (Å²) in [7, 11) is 10.5. The van der Waals surface area contributed by atoms with Crippen LogP contribution >= 0.6 is 15.9 Å². The molecule has 0 bridgehead atoms. The zero-order valence-corrected chi connectivity index (χ0v) is 71.5. The van der Waals surface area contributed by atoms with Gasteiger partial charge in [0.25, 0.3) is 35.4 Å². The number of carbonyl (C=O) groups excluding carboxylic acids is 12. The van der Waals surface area contributed by atoms with E-state index in [1.807, 2.05) is 4.90 Å². The van der Waals surface area contributed by atoms with E-state index in [0.29, 0.717) is 122 Å². The van der Waals surface area contributed by atoms with Crippen molar-refractivity contribution in [3.05, 3.63) is 20.9 Å². The average molecular weight is 1600 g/mol. The topological polar surface area (TPSA) is 453 Å². The summed E-state index contributed by atoms with van der Waals surface area (Å²) in [5.74, 6) is 6.03. The van der Waals surface area contributed by atoms with Crippen molar-refractivity contribution in [2.24, 2.45) is 16.0 Å². The van der Waals surface area contributed by atoms with Gasteiger partial charge in [0.1, 0.15) is 39.8 Å². The second-order valence-corrected chi connectivity index (χ2v) is 31.7. The van der Waals surface area contributed by atoms with Gasteiger partial charge in [-0.1, -0.05) is 44.9 Å². The van der Waals surface area contributed by atoms with Crippen LogP contribution in [0.2, 0.25) is 0 Å². The first-order valence-electron chi connectivity index (χ1n) is 35.2. The summed E-state index contributed by atoms with van der Waals surface area (Å²) < 4.78 is 2.16. The van der Waals surface area contributed by atoms with Gasteiger partial charge < -0.3 is 56.6 Å². The molecule has 594 valence electrons. The summed E-state index contributed by atoms with van der Waals surface area (Å²) in [5, 5.41) is 23.7. The molecule has 6 heterocycles. The van der Waals surface area contributed by atoms with E-state index in [2.05, 4.69) is 134 Å². The van der Waals surface area contributed by atoms with Crippen LogP contribution in [0.4, 0.5) is 28.8 Å². The summed E-state index contributed by atoms with van der Waals surface area (Å²) in [5.41, 5.74) is 15.4. The number of nitrogens with zero attached hydrogens (tertiary/aromatic N) is 16. The number of hydrogen-bond acceptors (Lipinski definition) is 17. The molecule has 6 aliphatic heterocycles. The molecule has 6 saturated heterocycles. The number of amides is 18. The number of halogens is 1. The number of hydrogen-bond donors (Lipinski definition) is 7. The Morgan fingerprint density at radius 2 is 0.710 bits per heavy atom. The minimum atomic E-state index is -0.963. The fourth-order valence-electron chi connectivity index (χ4n) is 11.6. The summed E-state index contributed by atoms with van der Waals surface area (Å²) in [6.45, 7) is 31.9. The SMILES string of the molecule is C#CCN.C#CCN(CCCN1C(=O)NC(C)(C)C1=O)CCCN1C(=O)NC(C)(C)C1=O.C#CC[N+](CCCN1C(=O)NC(C)(C)C1=O)(CCCN1C(=O)NC(C)(C)C1=O)CCCN1C(=O)NC(C)(C)C1=O.CC1(C)NC(=O)N(CCCBr)C1=O.CCC[N+](C)(C)CCN=[N+]=[N-].C[N+](C)(C)CCN=[N+]=[N-].[K+].[OH-]. The second kappa shape index (κ2) is 45.7. The number of nitrogens with one attached hydrogen (secondary N) is 6. The number of urea groups is 6. The Balaban J connectivity index is 0. The standard InChI is InChI=1S/C27H41N7O6.C19H29N5O4.C8H13BrN2O2.C7H17N4.C5H13N4.C3H5N.K.H2O/c1-8-15-34(16-9-12-31-19(35)25(2,3)28-22(31)38,17-10-13-32-20(36)26(4,5)29-23(32)39)18-11-14-33-21(37)27(6,7)30-24(33)40;1-6-9-22(10-7-12-23-14(25)18(2,3)20-16(23)27)11-8-13-24-15(26)19(4,5)21-17(24)28;1-8(2)6(12)11(5-3-4-9)7(13)10-8;1-4-6-11(2,3)7-5-9-10-8;1-9(2,3)5-4-7-8-6;1-2-3-4;;/h1H,9-18H2,2-7H3,(H2-,28,29,30,38,39,40);1H,7-13H2,2-5H3,(H,20,27)(H,21,28);3-5H2,1-2H3,(H,10,13);4-7H2,1-3H3;4-5H2,1-3H3;1H,3-4H2;;1H2/q;;;2*+1;;+1;. The Morgan fingerprint density at radius 1 is 0.449 bits per heavy atom. The van der Waals surface area contributed by atoms with E-state index in [9.17, 15) is 57.5 Å². The van der Waals surface area contributed by atoms with Gasteiger partial charge in [0.05, 0.1) is 101 Å². The maximum Gasteiger partial charge on any atom is 1.00 e. The molecule has 36 nitrogen and oxygen atoms in total. The molecule has 18 amide bonds. The van der Waals surface area contributed by atoms with Gasteiger partial charge in [-0.2, -0.15) is 0 Å². The predicted molar refractivity (Wildman–Crippen MR) is 404 cm³/mol. The molecule has 0 aromatic carbocycles. The van der Waals surface area contributed by atoms with Crippen molar-refractivity contribution in [1.29, 1.82) is 0 Å². The van der Waals surface area contributed by atoms with Crippen LogP contribution in [0.15, 0.2) is 10.2 Å². The van der Waals surface area contributed by atoms with Gasteiger partial charge in [0, 0.05) is 86.8 Å². The first kappa shape index (κ1) is 102. The van der Waals surface area contributed by atoms with E-state index in [1.54, 1.807) is 83.1 Å². The van der Waals surface area contributed by atoms with Crippen LogP contribution in [0.1, 0.15) is 135 Å². The molecular formula is C69H120BrKN23O13+3. The first-order valence-corrected chi connectivity index (χ1v) is 36.3. The third-order valence-corrected chi connectivity index (χ3v) is 18.0. The summed E-state index contributed by atoms with van der Waals surface area (Å²) in [6.07, 6.45) is 20.4. The monoisotopic (exact) mass is 1600 g/mol. The Hall–Kier alpha value is -7.18. The van der Waals surface area contributed by atoms with Crippen molar-refractivity contribution in [3.63, 3.8) is 0 Å². The van der Waals surface area contributed by atoms with Crippen molar-refractivity contribution in [2.75, 3.05) is 165 Å². The van der Waals surface area contributed by atoms with Crippen LogP contribution in [0, 0.1) is 37.0 Å². The number of quaternary nitrogens is 3. The van der Waals surface area contributed by atoms with E-state index < -0.39 is 51.3 Å². The van der Waals surface area contributed by atoms with Crippen LogP contribution in [-0.2, 0) is 28.8 Å². The largest absolute Gasteiger partial charge is 1.00 e. The van der Waals surface area contributed by atoms with Gasteiger partial charge in [-0.05, 0) is 126 Å². The number of carbonyl (C=O) groups is 12. The van der Waals surface area contributed by atoms with Crippen LogP contribution in [0.3, 0.4) is 0 Å². The molecule has 0 atom stereocenters. The normalized spacial score (nSPS) is 18.1. The van der Waals surface area contributed by atoms with Crippen molar-refractivity contribution in [1.82, 2.24) is 66.2 Å². The zero-order chi connectivity index (χ0) is 80.8. The van der Waals surface area contributed by atoms with Gasteiger partial charge in [0.15, 0.2) is 0 Å². The number of rotatable bonds is 33. The quantitative estimate of drug-likeness (QED) is 0.00711. The van der Waals surface area contributed by atoms with E-state index in [-0.39, 0.29) is 130 Å². The predicted octanol–water partition coefficient (Wildman–Crippen LogP) is 1.25. The maximum atomic E-state index is 12.6. The molecule has 0 aliphatic carbocycles. The third kappa shape index (κ3) is 32.9. The van der Waals surface area contributed by atoms with Gasteiger partial charge >= 0.3 is 87.6 Å². The van der Waals surface area contributed by atoms with Crippen molar-refractivity contribution >= 4 is 87.6 Å². The molecule has 6 fully saturated rings. The minimum Gasteiger partial charge on any atom is -0.870 e. The molecule has 0 saturated carbocycles. The number of terminal acetylenes is 3. The van der Waals surface area contributed by atoms with Gasteiger partial charge in [-0.3, -0.25) is 63.1 Å². The minimum absolute atomic E-state index is 0. The molecule has 0 aromatic rings. The van der Waals surface area contributed by atoms with Crippen LogP contribution < -0.4 is 89.0 Å². The summed E-state index contributed by atoms with van der Waals surface area (Å²) in [6, 6.07) is -2.34. The number of imide groups is 6. The van der Waals surface area contributed by atoms with Gasteiger partial charge in [0.2, 0.25) is 0 Å². The number of alkyl halides is 1. The van der Waals surface area contributed by atoms with Gasteiger partial charge in [-0.25, -0.2) is 28.8 Å². The van der Waals surface area contributed by atoms with Gasteiger partial charge in [-0.15, -0.1) is 19.3 Å². The molecular weight excluding hydrogens is 1480 g/mol. The van der Waals surface area contributed by atoms with E-state index >= 15 is 0 Å². The van der Waals surface area contributed by atoms with E-state index in [1.165, 1.54) is 35.8 Å². The second-order valence-electron chi connectivity index (χ2n) is 31.0. The molecule has 6 aliphatic rings.